The fourth-order valence-corrected chi connectivity index (χ4v) is 2.11. The van der Waals surface area contributed by atoms with Crippen molar-refractivity contribution in [3.63, 3.8) is 0 Å². The number of hydrogen-bond donors (Lipinski definition) is 1. The number of rotatable bonds is 5. The number of halogens is 1. The molecule has 0 aliphatic heterocycles. The Morgan fingerprint density at radius 3 is 2.76 bits per heavy atom. The third-order valence-electron chi connectivity index (χ3n) is 2.81. The fourth-order valence-electron chi connectivity index (χ4n) is 1.77. The Hall–Kier alpha value is -1.06. The molecule has 0 saturated carbocycles. The van der Waals surface area contributed by atoms with Gasteiger partial charge in [-0.05, 0) is 53.0 Å². The Morgan fingerprint density at radius 2 is 2.06 bits per heavy atom. The summed E-state index contributed by atoms with van der Waals surface area (Å²) in [7, 11) is 0. The molecule has 17 heavy (non-hydrogen) atoms. The zero-order chi connectivity index (χ0) is 12.1. The molecule has 1 N–H and O–H groups in total. The Morgan fingerprint density at radius 1 is 1.24 bits per heavy atom. The summed E-state index contributed by atoms with van der Waals surface area (Å²) in [5, 5.41) is 3.38. The molecule has 0 aliphatic carbocycles. The first-order valence-corrected chi connectivity index (χ1v) is 6.54. The van der Waals surface area contributed by atoms with Gasteiger partial charge in [0, 0.05) is 0 Å². The summed E-state index contributed by atoms with van der Waals surface area (Å²) in [6.07, 6.45) is 2.74. The molecule has 0 bridgehead atoms. The van der Waals surface area contributed by atoms with Crippen molar-refractivity contribution in [1.29, 1.82) is 0 Å². The lowest BCUT2D eigenvalue weighted by Crippen LogP contribution is -2.16. The molecule has 0 amide bonds. The van der Waals surface area contributed by atoms with E-state index in [9.17, 15) is 0 Å². The topological polar surface area (TPSA) is 25.2 Å². The number of hydrogen-bond acceptors (Lipinski definition) is 2. The summed E-state index contributed by atoms with van der Waals surface area (Å²) in [6.45, 7) is 3.87. The fraction of sp³-hybridized carbons (Fsp3) is 0.286. The van der Waals surface area contributed by atoms with Crippen molar-refractivity contribution in [3.8, 4) is 0 Å². The average Bonchev–Trinajstić information content (AvgIpc) is 2.73. The van der Waals surface area contributed by atoms with Crippen LogP contribution in [0.3, 0.4) is 0 Å². The second-order valence-corrected chi connectivity index (χ2v) is 4.90. The molecule has 2 rings (SSSR count). The Kier molecular flexibility index (Phi) is 4.40. The van der Waals surface area contributed by atoms with Crippen molar-refractivity contribution in [1.82, 2.24) is 5.32 Å². The summed E-state index contributed by atoms with van der Waals surface area (Å²) in [5.74, 6) is 0.954. The third kappa shape index (κ3) is 3.45. The molecule has 0 aliphatic rings. The van der Waals surface area contributed by atoms with Crippen LogP contribution in [0, 0.1) is 6.92 Å². The van der Waals surface area contributed by atoms with E-state index in [0.717, 1.165) is 29.7 Å². The standard InChI is InChI=1S/C14H16BrNO/c1-11-4-2-3-5-12(11)6-8-16-10-14-13(15)7-9-17-14/h2-5,7,9,16H,6,8,10H2,1H3. The first kappa shape index (κ1) is 12.4. The molecule has 3 heteroatoms. The molecular weight excluding hydrogens is 278 g/mol. The van der Waals surface area contributed by atoms with Gasteiger partial charge in [0.25, 0.3) is 0 Å². The van der Waals surface area contributed by atoms with Crippen LogP contribution in [0.5, 0.6) is 0 Å². The third-order valence-corrected chi connectivity index (χ3v) is 3.52. The smallest absolute Gasteiger partial charge is 0.131 e. The summed E-state index contributed by atoms with van der Waals surface area (Å²) in [5.41, 5.74) is 2.76. The number of aryl methyl sites for hydroxylation is 1. The van der Waals surface area contributed by atoms with Crippen LogP contribution in [0.1, 0.15) is 16.9 Å². The minimum absolute atomic E-state index is 0.763. The molecule has 2 nitrogen and oxygen atoms in total. The van der Waals surface area contributed by atoms with E-state index in [2.05, 4.69) is 52.4 Å². The lowest BCUT2D eigenvalue weighted by atomic mass is 10.1. The molecular formula is C14H16BrNO. The van der Waals surface area contributed by atoms with Crippen LogP contribution in [0.4, 0.5) is 0 Å². The minimum Gasteiger partial charge on any atom is -0.467 e. The SMILES string of the molecule is Cc1ccccc1CCNCc1occc1Br. The highest BCUT2D eigenvalue weighted by Crippen LogP contribution is 2.16. The van der Waals surface area contributed by atoms with Crippen molar-refractivity contribution in [2.75, 3.05) is 6.54 Å². The van der Waals surface area contributed by atoms with Crippen LogP contribution < -0.4 is 5.32 Å². The van der Waals surface area contributed by atoms with E-state index < -0.39 is 0 Å². The van der Waals surface area contributed by atoms with Crippen molar-refractivity contribution in [2.45, 2.75) is 19.9 Å². The zero-order valence-corrected chi connectivity index (χ0v) is 11.5. The molecule has 0 atom stereocenters. The summed E-state index contributed by atoms with van der Waals surface area (Å²) < 4.78 is 6.36. The Bertz CT molecular complexity index is 479. The van der Waals surface area contributed by atoms with Gasteiger partial charge in [-0.2, -0.15) is 0 Å². The van der Waals surface area contributed by atoms with Gasteiger partial charge in [0.1, 0.15) is 5.76 Å². The van der Waals surface area contributed by atoms with Crippen molar-refractivity contribution in [2.24, 2.45) is 0 Å². The summed E-state index contributed by atoms with van der Waals surface area (Å²) in [6, 6.07) is 10.4. The van der Waals surface area contributed by atoms with Gasteiger partial charge >= 0.3 is 0 Å². The maximum absolute atomic E-state index is 5.33. The quantitative estimate of drug-likeness (QED) is 0.851. The molecule has 0 saturated heterocycles. The van der Waals surface area contributed by atoms with Gasteiger partial charge in [-0.1, -0.05) is 24.3 Å². The van der Waals surface area contributed by atoms with Gasteiger partial charge in [0.15, 0.2) is 0 Å². The Labute approximate surface area is 110 Å². The van der Waals surface area contributed by atoms with E-state index >= 15 is 0 Å². The van der Waals surface area contributed by atoms with Gasteiger partial charge < -0.3 is 9.73 Å². The van der Waals surface area contributed by atoms with Crippen LogP contribution in [0.25, 0.3) is 0 Å². The first-order valence-electron chi connectivity index (χ1n) is 5.74. The molecule has 1 aromatic heterocycles. The average molecular weight is 294 g/mol. The molecule has 0 radical (unpaired) electrons. The van der Waals surface area contributed by atoms with E-state index in [-0.39, 0.29) is 0 Å². The van der Waals surface area contributed by atoms with Gasteiger partial charge in [-0.25, -0.2) is 0 Å². The van der Waals surface area contributed by atoms with Crippen LogP contribution in [0.2, 0.25) is 0 Å². The van der Waals surface area contributed by atoms with E-state index in [0.29, 0.717) is 0 Å². The highest BCUT2D eigenvalue weighted by atomic mass is 79.9. The molecule has 1 heterocycles. The molecule has 0 fully saturated rings. The van der Waals surface area contributed by atoms with Crippen LogP contribution >= 0.6 is 15.9 Å². The molecule has 0 spiro atoms. The van der Waals surface area contributed by atoms with Gasteiger partial charge in [-0.3, -0.25) is 0 Å². The normalized spacial score (nSPS) is 10.7. The van der Waals surface area contributed by atoms with E-state index in [1.807, 2.05) is 6.07 Å². The lowest BCUT2D eigenvalue weighted by Gasteiger charge is -2.06. The highest BCUT2D eigenvalue weighted by Gasteiger charge is 2.02. The van der Waals surface area contributed by atoms with Crippen LogP contribution in [0.15, 0.2) is 45.5 Å². The largest absolute Gasteiger partial charge is 0.467 e. The lowest BCUT2D eigenvalue weighted by molar-refractivity contribution is 0.482. The van der Waals surface area contributed by atoms with Crippen LogP contribution in [-0.4, -0.2) is 6.54 Å². The second kappa shape index (κ2) is 6.03. The number of benzene rings is 1. The monoisotopic (exact) mass is 293 g/mol. The van der Waals surface area contributed by atoms with E-state index in [1.165, 1.54) is 11.1 Å². The predicted molar refractivity (Wildman–Crippen MR) is 73.0 cm³/mol. The van der Waals surface area contributed by atoms with Crippen molar-refractivity contribution >= 4 is 15.9 Å². The molecule has 1 aromatic carbocycles. The number of furan rings is 1. The highest BCUT2D eigenvalue weighted by molar-refractivity contribution is 9.10. The van der Waals surface area contributed by atoms with Crippen molar-refractivity contribution < 1.29 is 4.42 Å². The number of nitrogens with one attached hydrogen (secondary N) is 1. The van der Waals surface area contributed by atoms with Crippen molar-refractivity contribution in [3.05, 3.63) is 58.0 Å². The van der Waals surface area contributed by atoms with Gasteiger partial charge in [-0.15, -0.1) is 0 Å². The predicted octanol–water partition coefficient (Wildman–Crippen LogP) is 3.68. The Balaban J connectivity index is 1.77. The maximum atomic E-state index is 5.33. The first-order chi connectivity index (χ1) is 8.27. The molecule has 0 unspecified atom stereocenters. The second-order valence-electron chi connectivity index (χ2n) is 4.04. The van der Waals surface area contributed by atoms with Gasteiger partial charge in [0.2, 0.25) is 0 Å². The maximum Gasteiger partial charge on any atom is 0.131 e. The molecule has 90 valence electrons. The summed E-state index contributed by atoms with van der Waals surface area (Å²) >= 11 is 3.44. The summed E-state index contributed by atoms with van der Waals surface area (Å²) in [4.78, 5) is 0. The zero-order valence-electron chi connectivity index (χ0n) is 9.87. The molecule has 2 aromatic rings. The van der Waals surface area contributed by atoms with E-state index in [1.54, 1.807) is 6.26 Å². The van der Waals surface area contributed by atoms with Crippen LogP contribution in [-0.2, 0) is 13.0 Å². The van der Waals surface area contributed by atoms with E-state index in [4.69, 9.17) is 4.42 Å². The van der Waals surface area contributed by atoms with Gasteiger partial charge in [0.05, 0.1) is 17.3 Å². The minimum atomic E-state index is 0.763.